The molecule has 11 heteroatoms. The number of nitrogens with one attached hydrogen (secondary N) is 1. The second kappa shape index (κ2) is 11.0. The van der Waals surface area contributed by atoms with Crippen molar-refractivity contribution in [2.24, 2.45) is 5.92 Å². The third-order valence-corrected chi connectivity index (χ3v) is 5.27. The Balaban J connectivity index is 1.47. The van der Waals surface area contributed by atoms with Gasteiger partial charge in [-0.3, -0.25) is 9.59 Å². The Hall–Kier alpha value is -3.63. The molecule has 1 aliphatic rings. The van der Waals surface area contributed by atoms with Crippen molar-refractivity contribution >= 4 is 29.4 Å². The van der Waals surface area contributed by atoms with Crippen LogP contribution < -0.4 is 10.2 Å². The summed E-state index contributed by atoms with van der Waals surface area (Å²) in [6.07, 6.45) is -2.84. The molecule has 1 fully saturated rings. The zero-order chi connectivity index (χ0) is 24.7. The zero-order valence-corrected chi connectivity index (χ0v) is 18.4. The van der Waals surface area contributed by atoms with Gasteiger partial charge < -0.3 is 19.7 Å². The van der Waals surface area contributed by atoms with Crippen molar-refractivity contribution in [2.45, 2.75) is 25.9 Å². The number of aromatic nitrogens is 1. The van der Waals surface area contributed by atoms with Crippen LogP contribution in [-0.2, 0) is 25.2 Å². The summed E-state index contributed by atoms with van der Waals surface area (Å²) in [4.78, 5) is 42.3. The van der Waals surface area contributed by atoms with E-state index < -0.39 is 42.1 Å². The van der Waals surface area contributed by atoms with Crippen molar-refractivity contribution in [1.29, 1.82) is 0 Å². The number of hydrogen-bond acceptors (Lipinski definition) is 7. The third-order valence-electron chi connectivity index (χ3n) is 5.27. The number of benzene rings is 1. The third kappa shape index (κ3) is 6.46. The second-order valence-electron chi connectivity index (χ2n) is 7.59. The minimum Gasteiger partial charge on any atom is -0.462 e. The van der Waals surface area contributed by atoms with E-state index in [0.29, 0.717) is 31.7 Å². The van der Waals surface area contributed by atoms with Gasteiger partial charge in [-0.25, -0.2) is 9.78 Å². The summed E-state index contributed by atoms with van der Waals surface area (Å²) in [5, 5.41) is 2.54. The van der Waals surface area contributed by atoms with Gasteiger partial charge in [0.2, 0.25) is 0 Å². The van der Waals surface area contributed by atoms with Crippen molar-refractivity contribution in [1.82, 2.24) is 4.98 Å². The average Bonchev–Trinajstić information content (AvgIpc) is 2.82. The second-order valence-corrected chi connectivity index (χ2v) is 7.59. The molecule has 2 heterocycles. The van der Waals surface area contributed by atoms with Gasteiger partial charge in [-0.1, -0.05) is 12.1 Å². The number of amides is 1. The Morgan fingerprint density at radius 3 is 2.41 bits per heavy atom. The van der Waals surface area contributed by atoms with E-state index in [4.69, 9.17) is 9.47 Å². The number of piperidine rings is 1. The summed E-state index contributed by atoms with van der Waals surface area (Å²) in [5.74, 6) is -1.75. The molecule has 0 spiro atoms. The molecular formula is C23H24F3N3O5. The molecule has 0 radical (unpaired) electrons. The number of halogens is 3. The molecule has 0 saturated carbocycles. The molecular weight excluding hydrogens is 455 g/mol. The van der Waals surface area contributed by atoms with Gasteiger partial charge in [0, 0.05) is 19.3 Å². The van der Waals surface area contributed by atoms with E-state index in [1.54, 1.807) is 24.0 Å². The van der Waals surface area contributed by atoms with E-state index in [9.17, 15) is 27.6 Å². The number of carbonyl (C=O) groups is 3. The molecule has 1 N–H and O–H groups in total. The van der Waals surface area contributed by atoms with E-state index in [1.807, 2.05) is 0 Å². The fraction of sp³-hybridized carbons (Fsp3) is 0.391. The molecule has 0 bridgehead atoms. The zero-order valence-electron chi connectivity index (χ0n) is 18.4. The fourth-order valence-electron chi connectivity index (χ4n) is 3.50. The first-order valence-electron chi connectivity index (χ1n) is 10.7. The highest BCUT2D eigenvalue weighted by Crippen LogP contribution is 2.30. The molecule has 182 valence electrons. The summed E-state index contributed by atoms with van der Waals surface area (Å²) in [6, 6.07) is 8.61. The topological polar surface area (TPSA) is 97.8 Å². The SMILES string of the molecule is CCOC(=O)c1ccccc1NC(=O)COC(=O)C1CCN(c2ccc(C(F)(F)F)cn2)CC1. The standard InChI is InChI=1S/C23H24F3N3O5/c1-2-33-22(32)17-5-3-4-6-18(17)28-20(30)14-34-21(31)15-9-11-29(12-10-15)19-8-7-16(13-27-19)23(24,25)26/h3-8,13,15H,2,9-12,14H2,1H3,(H,28,30). The highest BCUT2D eigenvalue weighted by molar-refractivity contribution is 6.01. The summed E-state index contributed by atoms with van der Waals surface area (Å²) < 4.78 is 48.1. The average molecular weight is 479 g/mol. The van der Waals surface area contributed by atoms with Gasteiger partial charge in [-0.05, 0) is 44.0 Å². The van der Waals surface area contributed by atoms with Gasteiger partial charge in [0.1, 0.15) is 5.82 Å². The molecule has 0 aliphatic carbocycles. The van der Waals surface area contributed by atoms with Gasteiger partial charge in [-0.2, -0.15) is 13.2 Å². The van der Waals surface area contributed by atoms with Crippen molar-refractivity contribution in [3.63, 3.8) is 0 Å². The minimum atomic E-state index is -4.45. The van der Waals surface area contributed by atoms with Gasteiger partial charge in [0.25, 0.3) is 5.91 Å². The number of para-hydroxylation sites is 1. The normalized spacial score (nSPS) is 14.4. The number of anilines is 2. The summed E-state index contributed by atoms with van der Waals surface area (Å²) in [7, 11) is 0. The lowest BCUT2D eigenvalue weighted by Crippen LogP contribution is -2.38. The number of alkyl halides is 3. The van der Waals surface area contributed by atoms with Gasteiger partial charge in [0.05, 0.1) is 29.3 Å². The Kier molecular flexibility index (Phi) is 8.08. The molecule has 2 aromatic rings. The van der Waals surface area contributed by atoms with Crippen molar-refractivity contribution in [3.8, 4) is 0 Å². The number of esters is 2. The molecule has 0 atom stereocenters. The number of ether oxygens (including phenoxy) is 2. The number of rotatable bonds is 7. The Morgan fingerprint density at radius 2 is 1.79 bits per heavy atom. The molecule has 3 rings (SSSR count). The Labute approximate surface area is 194 Å². The monoisotopic (exact) mass is 479 g/mol. The molecule has 34 heavy (non-hydrogen) atoms. The van der Waals surface area contributed by atoms with Crippen LogP contribution >= 0.6 is 0 Å². The Bertz CT molecular complexity index is 1020. The smallest absolute Gasteiger partial charge is 0.417 e. The molecule has 8 nitrogen and oxygen atoms in total. The highest BCUT2D eigenvalue weighted by Gasteiger charge is 2.32. The van der Waals surface area contributed by atoms with Crippen LogP contribution in [0.3, 0.4) is 0 Å². The van der Waals surface area contributed by atoms with Crippen LogP contribution in [-0.4, -0.2) is 49.1 Å². The molecule has 1 aromatic carbocycles. The number of hydrogen-bond donors (Lipinski definition) is 1. The fourth-order valence-corrected chi connectivity index (χ4v) is 3.50. The number of carbonyl (C=O) groups excluding carboxylic acids is 3. The maximum atomic E-state index is 12.7. The first-order chi connectivity index (χ1) is 16.2. The van der Waals surface area contributed by atoms with Crippen LogP contribution in [0.15, 0.2) is 42.6 Å². The molecule has 0 unspecified atom stereocenters. The maximum absolute atomic E-state index is 12.7. The largest absolute Gasteiger partial charge is 0.462 e. The van der Waals surface area contributed by atoms with E-state index in [2.05, 4.69) is 10.3 Å². The molecule has 1 aliphatic heterocycles. The molecule has 1 amide bonds. The van der Waals surface area contributed by atoms with Crippen molar-refractivity contribution in [2.75, 3.05) is 36.5 Å². The van der Waals surface area contributed by atoms with Crippen LogP contribution in [0, 0.1) is 5.92 Å². The van der Waals surface area contributed by atoms with Gasteiger partial charge >= 0.3 is 18.1 Å². The summed E-state index contributed by atoms with van der Waals surface area (Å²) >= 11 is 0. The minimum absolute atomic E-state index is 0.187. The van der Waals surface area contributed by atoms with Crippen LogP contribution in [0.1, 0.15) is 35.7 Å². The first-order valence-corrected chi connectivity index (χ1v) is 10.7. The van der Waals surface area contributed by atoms with E-state index in [-0.39, 0.29) is 17.9 Å². The van der Waals surface area contributed by atoms with Crippen LogP contribution in [0.2, 0.25) is 0 Å². The maximum Gasteiger partial charge on any atom is 0.417 e. The highest BCUT2D eigenvalue weighted by atomic mass is 19.4. The lowest BCUT2D eigenvalue weighted by molar-refractivity contribution is -0.152. The van der Waals surface area contributed by atoms with Crippen LogP contribution in [0.25, 0.3) is 0 Å². The molecule has 1 aromatic heterocycles. The summed E-state index contributed by atoms with van der Waals surface area (Å²) in [6.45, 7) is 2.17. The van der Waals surface area contributed by atoms with Gasteiger partial charge in [-0.15, -0.1) is 0 Å². The van der Waals surface area contributed by atoms with Crippen molar-refractivity contribution < 1.29 is 37.0 Å². The predicted molar refractivity (Wildman–Crippen MR) is 116 cm³/mol. The van der Waals surface area contributed by atoms with Crippen LogP contribution in [0.5, 0.6) is 0 Å². The Morgan fingerprint density at radius 1 is 1.09 bits per heavy atom. The lowest BCUT2D eigenvalue weighted by atomic mass is 9.97. The van der Waals surface area contributed by atoms with E-state index >= 15 is 0 Å². The number of nitrogens with zero attached hydrogens (tertiary/aromatic N) is 2. The summed E-state index contributed by atoms with van der Waals surface area (Å²) in [5.41, 5.74) is -0.384. The van der Waals surface area contributed by atoms with E-state index in [1.165, 1.54) is 18.2 Å². The van der Waals surface area contributed by atoms with Gasteiger partial charge in [0.15, 0.2) is 6.61 Å². The number of pyridine rings is 1. The van der Waals surface area contributed by atoms with Crippen LogP contribution in [0.4, 0.5) is 24.7 Å². The first kappa shape index (κ1) is 25.0. The molecule has 1 saturated heterocycles. The lowest BCUT2D eigenvalue weighted by Gasteiger charge is -2.31. The quantitative estimate of drug-likeness (QED) is 0.605. The van der Waals surface area contributed by atoms with Crippen molar-refractivity contribution in [3.05, 3.63) is 53.7 Å². The van der Waals surface area contributed by atoms with E-state index in [0.717, 1.165) is 12.3 Å². The predicted octanol–water partition coefficient (Wildman–Crippen LogP) is 3.68.